The molecule has 0 saturated carbocycles. The third kappa shape index (κ3) is 5.64. The van der Waals surface area contributed by atoms with Gasteiger partial charge in [-0.2, -0.15) is 0 Å². The van der Waals surface area contributed by atoms with Crippen molar-refractivity contribution in [2.45, 2.75) is 23.7 Å². The molecule has 4 aromatic rings. The lowest BCUT2D eigenvalue weighted by molar-refractivity contribution is 0.673. The second-order valence-corrected chi connectivity index (χ2v) is 8.26. The second kappa shape index (κ2) is 12.3. The van der Waals surface area contributed by atoms with Crippen molar-refractivity contribution < 1.29 is 0 Å². The Morgan fingerprint density at radius 2 is 0.618 bits per heavy atom. The maximum Gasteiger partial charge on any atom is 0.0270 e. The normalized spacial score (nSPS) is 23.3. The Kier molecular flexibility index (Phi) is 9.21. The lowest BCUT2D eigenvalue weighted by Gasteiger charge is -2.30. The SMILES string of the molecule is C1=C\C(c2ccncc2)C(c2ccccc2)/C=C\C(c2ccncc2)C/1c1ccccc1.Cl.Cl. The minimum Gasteiger partial charge on any atom is -0.265 e. The zero-order chi connectivity index (χ0) is 21.6. The summed E-state index contributed by atoms with van der Waals surface area (Å²) in [7, 11) is 0. The molecular weight excluding hydrogens is 459 g/mol. The van der Waals surface area contributed by atoms with Gasteiger partial charge in [-0.15, -0.1) is 24.8 Å². The van der Waals surface area contributed by atoms with E-state index in [1.54, 1.807) is 0 Å². The van der Waals surface area contributed by atoms with Crippen molar-refractivity contribution >= 4 is 24.8 Å². The lowest BCUT2D eigenvalue weighted by Crippen LogP contribution is -2.14. The quantitative estimate of drug-likeness (QED) is 0.274. The Hall–Kier alpha value is -3.20. The van der Waals surface area contributed by atoms with Gasteiger partial charge in [-0.3, -0.25) is 9.97 Å². The summed E-state index contributed by atoms with van der Waals surface area (Å²) in [5.74, 6) is 0.967. The summed E-state index contributed by atoms with van der Waals surface area (Å²) in [4.78, 5) is 8.49. The summed E-state index contributed by atoms with van der Waals surface area (Å²) >= 11 is 0. The highest BCUT2D eigenvalue weighted by Gasteiger charge is 2.27. The van der Waals surface area contributed by atoms with E-state index in [-0.39, 0.29) is 48.5 Å². The molecule has 4 atom stereocenters. The monoisotopic (exact) mass is 486 g/mol. The third-order valence-electron chi connectivity index (χ3n) is 6.38. The number of nitrogens with zero attached hydrogens (tertiary/aromatic N) is 2. The van der Waals surface area contributed by atoms with Crippen LogP contribution < -0.4 is 0 Å². The summed E-state index contributed by atoms with van der Waals surface area (Å²) in [5, 5.41) is 0. The molecule has 0 N–H and O–H groups in total. The topological polar surface area (TPSA) is 25.8 Å². The first kappa shape index (κ1) is 25.4. The zero-order valence-corrected chi connectivity index (χ0v) is 20.4. The molecule has 0 spiro atoms. The van der Waals surface area contributed by atoms with Gasteiger partial charge in [0.15, 0.2) is 0 Å². The average Bonchev–Trinajstić information content (AvgIpc) is 2.86. The van der Waals surface area contributed by atoms with E-state index in [9.17, 15) is 0 Å². The van der Waals surface area contributed by atoms with Gasteiger partial charge in [0.25, 0.3) is 0 Å². The predicted octanol–water partition coefficient (Wildman–Crippen LogP) is 7.88. The molecule has 1 aliphatic rings. The highest BCUT2D eigenvalue weighted by atomic mass is 35.5. The number of benzene rings is 2. The van der Waals surface area contributed by atoms with Crippen LogP contribution in [-0.2, 0) is 0 Å². The van der Waals surface area contributed by atoms with Crippen LogP contribution >= 0.6 is 24.8 Å². The van der Waals surface area contributed by atoms with Crippen molar-refractivity contribution in [1.29, 1.82) is 0 Å². The molecule has 0 saturated heterocycles. The predicted molar refractivity (Wildman–Crippen MR) is 145 cm³/mol. The Labute approximate surface area is 214 Å². The smallest absolute Gasteiger partial charge is 0.0270 e. The van der Waals surface area contributed by atoms with Gasteiger partial charge in [0.2, 0.25) is 0 Å². The van der Waals surface area contributed by atoms with Crippen LogP contribution in [0.1, 0.15) is 45.9 Å². The Morgan fingerprint density at radius 3 is 0.912 bits per heavy atom. The maximum atomic E-state index is 4.25. The lowest BCUT2D eigenvalue weighted by atomic mass is 9.74. The number of pyridine rings is 2. The molecule has 0 radical (unpaired) electrons. The second-order valence-electron chi connectivity index (χ2n) is 8.26. The highest BCUT2D eigenvalue weighted by Crippen LogP contribution is 2.43. The minimum atomic E-state index is 0. The van der Waals surface area contributed by atoms with Gasteiger partial charge in [0.05, 0.1) is 0 Å². The summed E-state index contributed by atoms with van der Waals surface area (Å²) in [5.41, 5.74) is 5.21. The minimum absolute atomic E-state index is 0. The van der Waals surface area contributed by atoms with Crippen LogP contribution in [0.15, 0.2) is 134 Å². The molecule has 2 nitrogen and oxygen atoms in total. The third-order valence-corrected chi connectivity index (χ3v) is 6.38. The molecule has 5 rings (SSSR count). The number of allylic oxidation sites excluding steroid dienone is 4. The molecule has 1 aliphatic carbocycles. The number of hydrogen-bond acceptors (Lipinski definition) is 2. The van der Waals surface area contributed by atoms with Crippen LogP contribution in [0, 0.1) is 0 Å². The first-order chi connectivity index (χ1) is 15.9. The fourth-order valence-corrected chi connectivity index (χ4v) is 4.75. The first-order valence-corrected chi connectivity index (χ1v) is 11.2. The van der Waals surface area contributed by atoms with Gasteiger partial charge in [-0.25, -0.2) is 0 Å². The van der Waals surface area contributed by atoms with E-state index in [4.69, 9.17) is 0 Å². The fraction of sp³-hybridized carbons (Fsp3) is 0.133. The van der Waals surface area contributed by atoms with E-state index < -0.39 is 0 Å². The van der Waals surface area contributed by atoms with E-state index in [2.05, 4.69) is 119 Å². The van der Waals surface area contributed by atoms with E-state index >= 15 is 0 Å². The van der Waals surface area contributed by atoms with Crippen LogP contribution in [0.5, 0.6) is 0 Å². The van der Waals surface area contributed by atoms with Crippen LogP contribution in [0.2, 0.25) is 0 Å². The molecule has 172 valence electrons. The van der Waals surface area contributed by atoms with E-state index in [1.807, 2.05) is 24.8 Å². The number of hydrogen-bond donors (Lipinski definition) is 0. The molecule has 4 heteroatoms. The van der Waals surface area contributed by atoms with E-state index in [0.29, 0.717) is 0 Å². The molecule has 2 aromatic heterocycles. The van der Waals surface area contributed by atoms with Gasteiger partial charge in [-0.1, -0.05) is 85.0 Å². The molecule has 2 aromatic carbocycles. The molecular formula is C30H28Cl2N2. The Morgan fingerprint density at radius 1 is 0.353 bits per heavy atom. The summed E-state index contributed by atoms with van der Waals surface area (Å²) in [6, 6.07) is 30.1. The molecule has 2 heterocycles. The summed E-state index contributed by atoms with van der Waals surface area (Å²) in [6.07, 6.45) is 17.2. The average molecular weight is 487 g/mol. The van der Waals surface area contributed by atoms with Crippen LogP contribution in [0.3, 0.4) is 0 Å². The Balaban J connectivity index is 0.00000162. The Bertz CT molecular complexity index is 988. The van der Waals surface area contributed by atoms with Gasteiger partial charge in [0, 0.05) is 48.5 Å². The molecule has 0 fully saturated rings. The molecule has 0 bridgehead atoms. The molecule has 34 heavy (non-hydrogen) atoms. The van der Waals surface area contributed by atoms with E-state index in [0.717, 1.165) is 0 Å². The first-order valence-electron chi connectivity index (χ1n) is 11.2. The van der Waals surface area contributed by atoms with Crippen molar-refractivity contribution in [2.24, 2.45) is 0 Å². The standard InChI is InChI=1S/C30H26N2.2ClH/c1-3-7-23(8-4-1)27-11-13-30(26-17-21-32-22-18-26)28(24-9-5-2-6-10-24)12-14-29(27)25-15-19-31-20-16-25;;/h1-22,27-30H;2*1H/b13-11-,14-12-;;. The molecule has 0 aliphatic heterocycles. The van der Waals surface area contributed by atoms with Crippen molar-refractivity contribution in [3.8, 4) is 0 Å². The van der Waals surface area contributed by atoms with Gasteiger partial charge >= 0.3 is 0 Å². The van der Waals surface area contributed by atoms with E-state index in [1.165, 1.54) is 22.3 Å². The van der Waals surface area contributed by atoms with Crippen molar-refractivity contribution in [3.63, 3.8) is 0 Å². The zero-order valence-electron chi connectivity index (χ0n) is 18.7. The molecule has 0 amide bonds. The van der Waals surface area contributed by atoms with Gasteiger partial charge in [-0.05, 0) is 46.5 Å². The van der Waals surface area contributed by atoms with Crippen molar-refractivity contribution in [3.05, 3.63) is 156 Å². The van der Waals surface area contributed by atoms with Crippen molar-refractivity contribution in [2.75, 3.05) is 0 Å². The number of rotatable bonds is 4. The van der Waals surface area contributed by atoms with Crippen molar-refractivity contribution in [1.82, 2.24) is 9.97 Å². The van der Waals surface area contributed by atoms with Gasteiger partial charge in [0.1, 0.15) is 0 Å². The van der Waals surface area contributed by atoms with Crippen LogP contribution in [-0.4, -0.2) is 9.97 Å². The summed E-state index contributed by atoms with van der Waals surface area (Å²) in [6.45, 7) is 0. The number of halogens is 2. The number of aromatic nitrogens is 2. The fourth-order valence-electron chi connectivity index (χ4n) is 4.75. The van der Waals surface area contributed by atoms with Crippen LogP contribution in [0.4, 0.5) is 0 Å². The van der Waals surface area contributed by atoms with Gasteiger partial charge < -0.3 is 0 Å². The highest BCUT2D eigenvalue weighted by molar-refractivity contribution is 5.85. The van der Waals surface area contributed by atoms with Crippen LogP contribution in [0.25, 0.3) is 0 Å². The molecule has 4 unspecified atom stereocenters. The largest absolute Gasteiger partial charge is 0.265 e. The summed E-state index contributed by atoms with van der Waals surface area (Å²) < 4.78 is 0. The maximum absolute atomic E-state index is 4.25.